The molecule has 5 nitrogen and oxygen atoms in total. The van der Waals surface area contributed by atoms with Gasteiger partial charge in [0.1, 0.15) is 5.75 Å². The van der Waals surface area contributed by atoms with Crippen LogP contribution in [0.15, 0.2) is 23.4 Å². The minimum Gasteiger partial charge on any atom is -0.483 e. The van der Waals surface area contributed by atoms with E-state index in [0.29, 0.717) is 23.1 Å². The van der Waals surface area contributed by atoms with Crippen molar-refractivity contribution in [2.75, 3.05) is 6.61 Å². The molecule has 1 fully saturated rings. The topological polar surface area (TPSA) is 70.9 Å². The van der Waals surface area contributed by atoms with Crippen LogP contribution in [0.4, 0.5) is 0 Å². The predicted octanol–water partition coefficient (Wildman–Crippen LogP) is 2.63. The highest BCUT2D eigenvalue weighted by Crippen LogP contribution is 2.21. The third kappa shape index (κ3) is 4.21. The second kappa shape index (κ2) is 7.11. The molecule has 0 heterocycles. The number of nitrogens with zero attached hydrogens (tertiary/aromatic N) is 1. The molecular weight excluding hydrogens is 268 g/mol. The Morgan fingerprint density at radius 2 is 2.14 bits per heavy atom. The third-order valence-corrected chi connectivity index (χ3v) is 3.76. The fourth-order valence-electron chi connectivity index (χ4n) is 2.58. The standard InChI is InChI=1S/C16H22N2O3/c1-11-7-8-14(12(2)18-20)15(9-11)21-10-16(19)17-13-5-3-4-6-13/h7-9,13,20H,3-6,10H2,1-2H3,(H,17,19). The van der Waals surface area contributed by atoms with Gasteiger partial charge in [0.25, 0.3) is 5.91 Å². The minimum absolute atomic E-state index is 0.0222. The summed E-state index contributed by atoms with van der Waals surface area (Å²) in [5.41, 5.74) is 2.17. The molecule has 0 radical (unpaired) electrons. The van der Waals surface area contributed by atoms with Crippen molar-refractivity contribution in [1.82, 2.24) is 5.32 Å². The van der Waals surface area contributed by atoms with Crippen molar-refractivity contribution in [2.24, 2.45) is 5.16 Å². The van der Waals surface area contributed by atoms with E-state index >= 15 is 0 Å². The molecule has 21 heavy (non-hydrogen) atoms. The van der Waals surface area contributed by atoms with Gasteiger partial charge in [-0.1, -0.05) is 24.1 Å². The number of nitrogens with one attached hydrogen (secondary N) is 1. The molecule has 2 rings (SSSR count). The van der Waals surface area contributed by atoms with Crippen molar-refractivity contribution in [3.63, 3.8) is 0 Å². The Bertz CT molecular complexity index is 534. The summed E-state index contributed by atoms with van der Waals surface area (Å²) in [7, 11) is 0. The second-order valence-corrected chi connectivity index (χ2v) is 5.52. The average Bonchev–Trinajstić information content (AvgIpc) is 2.97. The highest BCUT2D eigenvalue weighted by molar-refractivity contribution is 6.00. The number of benzene rings is 1. The van der Waals surface area contributed by atoms with Crippen molar-refractivity contribution >= 4 is 11.6 Å². The molecule has 0 spiro atoms. The number of oxime groups is 1. The number of hydrogen-bond acceptors (Lipinski definition) is 4. The van der Waals surface area contributed by atoms with E-state index < -0.39 is 0 Å². The van der Waals surface area contributed by atoms with Crippen LogP contribution in [0.3, 0.4) is 0 Å². The van der Waals surface area contributed by atoms with Crippen LogP contribution in [-0.2, 0) is 4.79 Å². The molecule has 0 atom stereocenters. The first-order valence-corrected chi connectivity index (χ1v) is 7.32. The Balaban J connectivity index is 1.98. The summed E-state index contributed by atoms with van der Waals surface area (Å²) in [6.07, 6.45) is 4.47. The number of rotatable bonds is 5. The number of carbonyl (C=O) groups is 1. The van der Waals surface area contributed by atoms with E-state index in [1.807, 2.05) is 25.1 Å². The van der Waals surface area contributed by atoms with E-state index in [0.717, 1.165) is 18.4 Å². The smallest absolute Gasteiger partial charge is 0.258 e. The zero-order chi connectivity index (χ0) is 15.2. The lowest BCUT2D eigenvalue weighted by Gasteiger charge is -2.14. The number of ether oxygens (including phenoxy) is 1. The molecule has 1 saturated carbocycles. The molecule has 2 N–H and O–H groups in total. The quantitative estimate of drug-likeness (QED) is 0.497. The molecule has 0 bridgehead atoms. The van der Waals surface area contributed by atoms with Crippen LogP contribution in [0.2, 0.25) is 0 Å². The molecule has 1 aromatic carbocycles. The van der Waals surface area contributed by atoms with Gasteiger partial charge in [-0.05, 0) is 44.4 Å². The van der Waals surface area contributed by atoms with Gasteiger partial charge in [-0.15, -0.1) is 0 Å². The first-order chi connectivity index (χ1) is 10.1. The molecule has 114 valence electrons. The van der Waals surface area contributed by atoms with Gasteiger partial charge in [0.2, 0.25) is 0 Å². The lowest BCUT2D eigenvalue weighted by Crippen LogP contribution is -2.36. The van der Waals surface area contributed by atoms with Crippen molar-refractivity contribution in [1.29, 1.82) is 0 Å². The molecule has 1 aromatic rings. The Hall–Kier alpha value is -2.04. The van der Waals surface area contributed by atoms with E-state index in [4.69, 9.17) is 9.94 Å². The number of carbonyl (C=O) groups excluding carboxylic acids is 1. The van der Waals surface area contributed by atoms with Gasteiger partial charge in [0.15, 0.2) is 6.61 Å². The largest absolute Gasteiger partial charge is 0.483 e. The Morgan fingerprint density at radius 1 is 1.43 bits per heavy atom. The normalized spacial score (nSPS) is 16.0. The lowest BCUT2D eigenvalue weighted by atomic mass is 10.1. The summed E-state index contributed by atoms with van der Waals surface area (Å²) in [5, 5.41) is 15.1. The van der Waals surface area contributed by atoms with Gasteiger partial charge < -0.3 is 15.3 Å². The number of amides is 1. The minimum atomic E-state index is -0.104. The van der Waals surface area contributed by atoms with Gasteiger partial charge in [0, 0.05) is 11.6 Å². The molecule has 0 saturated heterocycles. The SMILES string of the molecule is CC(=NO)c1ccc(C)cc1OCC(=O)NC1CCCC1. The Morgan fingerprint density at radius 3 is 2.81 bits per heavy atom. The summed E-state index contributed by atoms with van der Waals surface area (Å²) in [6.45, 7) is 3.61. The summed E-state index contributed by atoms with van der Waals surface area (Å²) in [5.74, 6) is 0.458. The van der Waals surface area contributed by atoms with Gasteiger partial charge in [0.05, 0.1) is 5.71 Å². The summed E-state index contributed by atoms with van der Waals surface area (Å²) < 4.78 is 5.61. The molecule has 1 aliphatic rings. The maximum Gasteiger partial charge on any atom is 0.258 e. The summed E-state index contributed by atoms with van der Waals surface area (Å²) >= 11 is 0. The van der Waals surface area contributed by atoms with Crippen molar-refractivity contribution in [3.05, 3.63) is 29.3 Å². The highest BCUT2D eigenvalue weighted by atomic mass is 16.5. The van der Waals surface area contributed by atoms with Gasteiger partial charge in [-0.2, -0.15) is 0 Å². The van der Waals surface area contributed by atoms with Gasteiger partial charge >= 0.3 is 0 Å². The number of hydrogen-bond donors (Lipinski definition) is 2. The highest BCUT2D eigenvalue weighted by Gasteiger charge is 2.17. The van der Waals surface area contributed by atoms with Crippen LogP contribution in [0.5, 0.6) is 5.75 Å². The van der Waals surface area contributed by atoms with E-state index in [2.05, 4.69) is 10.5 Å². The average molecular weight is 290 g/mol. The predicted molar refractivity (Wildman–Crippen MR) is 81.1 cm³/mol. The summed E-state index contributed by atoms with van der Waals surface area (Å²) in [4.78, 5) is 11.9. The van der Waals surface area contributed by atoms with E-state index in [-0.39, 0.29) is 12.5 Å². The van der Waals surface area contributed by atoms with Gasteiger partial charge in [-0.3, -0.25) is 4.79 Å². The Labute approximate surface area is 125 Å². The van der Waals surface area contributed by atoms with Crippen LogP contribution in [0.25, 0.3) is 0 Å². The number of aryl methyl sites for hydroxylation is 1. The zero-order valence-electron chi connectivity index (χ0n) is 12.6. The molecule has 0 aromatic heterocycles. The maximum atomic E-state index is 11.9. The van der Waals surface area contributed by atoms with Crippen molar-refractivity contribution < 1.29 is 14.7 Å². The van der Waals surface area contributed by atoms with E-state index in [1.54, 1.807) is 6.92 Å². The fraction of sp³-hybridized carbons (Fsp3) is 0.500. The summed E-state index contributed by atoms with van der Waals surface area (Å²) in [6, 6.07) is 5.87. The van der Waals surface area contributed by atoms with Crippen LogP contribution in [-0.4, -0.2) is 29.5 Å². The fourth-order valence-corrected chi connectivity index (χ4v) is 2.58. The van der Waals surface area contributed by atoms with E-state index in [9.17, 15) is 4.79 Å². The molecular formula is C16H22N2O3. The molecule has 1 aliphatic carbocycles. The van der Waals surface area contributed by atoms with Gasteiger partial charge in [-0.25, -0.2) is 0 Å². The maximum absolute atomic E-state index is 11.9. The van der Waals surface area contributed by atoms with Crippen molar-refractivity contribution in [3.8, 4) is 5.75 Å². The van der Waals surface area contributed by atoms with E-state index in [1.165, 1.54) is 12.8 Å². The van der Waals surface area contributed by atoms with Crippen LogP contribution >= 0.6 is 0 Å². The molecule has 1 amide bonds. The van der Waals surface area contributed by atoms with Crippen LogP contribution in [0, 0.1) is 6.92 Å². The lowest BCUT2D eigenvalue weighted by molar-refractivity contribution is -0.123. The third-order valence-electron chi connectivity index (χ3n) is 3.76. The molecule has 0 aliphatic heterocycles. The monoisotopic (exact) mass is 290 g/mol. The zero-order valence-corrected chi connectivity index (χ0v) is 12.6. The van der Waals surface area contributed by atoms with Crippen molar-refractivity contribution in [2.45, 2.75) is 45.6 Å². The first kappa shape index (κ1) is 15.4. The molecule has 0 unspecified atom stereocenters. The van der Waals surface area contributed by atoms with Crippen LogP contribution < -0.4 is 10.1 Å². The van der Waals surface area contributed by atoms with Crippen LogP contribution in [0.1, 0.15) is 43.7 Å². The Kier molecular flexibility index (Phi) is 5.20. The second-order valence-electron chi connectivity index (χ2n) is 5.52. The first-order valence-electron chi connectivity index (χ1n) is 7.32. The molecule has 5 heteroatoms.